The van der Waals surface area contributed by atoms with Crippen LogP contribution in [-0.4, -0.2) is 28.9 Å². The topological polar surface area (TPSA) is 51.5 Å². The lowest BCUT2D eigenvalue weighted by Crippen LogP contribution is -2.30. The Balaban J connectivity index is 1.69. The maximum Gasteiger partial charge on any atom is 0.174 e. The van der Waals surface area contributed by atoms with E-state index in [1.807, 2.05) is 48.5 Å². The highest BCUT2D eigenvalue weighted by molar-refractivity contribution is 9.10. The summed E-state index contributed by atoms with van der Waals surface area (Å²) in [6, 6.07) is 23.8. The van der Waals surface area contributed by atoms with Crippen LogP contribution >= 0.6 is 28.1 Å². The van der Waals surface area contributed by atoms with Crippen molar-refractivity contribution in [2.24, 2.45) is 0 Å². The average Bonchev–Trinajstić information content (AvgIpc) is 3.48. The van der Waals surface area contributed by atoms with Crippen LogP contribution in [0.4, 0.5) is 5.69 Å². The number of ether oxygens (including phenoxy) is 2. The third-order valence-electron chi connectivity index (χ3n) is 5.91. The molecule has 0 amide bonds. The summed E-state index contributed by atoms with van der Waals surface area (Å²) in [6.45, 7) is 0. The lowest BCUT2D eigenvalue weighted by molar-refractivity contribution is 0.394. The molecule has 2 atom stereocenters. The van der Waals surface area contributed by atoms with Crippen molar-refractivity contribution in [3.05, 3.63) is 101 Å². The fraction of sp³-hybridized carbons (Fsp3) is 0.154. The molecule has 5 rings (SSSR count). The van der Waals surface area contributed by atoms with Crippen LogP contribution in [0.2, 0.25) is 0 Å². The van der Waals surface area contributed by atoms with E-state index in [2.05, 4.69) is 66.2 Å². The van der Waals surface area contributed by atoms with E-state index in [1.165, 1.54) is 0 Å². The zero-order valence-electron chi connectivity index (χ0n) is 18.7. The smallest absolute Gasteiger partial charge is 0.174 e. The molecule has 0 aliphatic carbocycles. The Kier molecular flexibility index (Phi) is 6.26. The fourth-order valence-corrected chi connectivity index (χ4v) is 5.12. The molecule has 34 heavy (non-hydrogen) atoms. The number of hydrogen-bond donors (Lipinski definition) is 1. The number of aromatic nitrogens is 2. The largest absolute Gasteiger partial charge is 0.497 e. The van der Waals surface area contributed by atoms with Crippen molar-refractivity contribution in [1.82, 2.24) is 14.9 Å². The van der Waals surface area contributed by atoms with Gasteiger partial charge in [-0.15, -0.1) is 0 Å². The fourth-order valence-electron chi connectivity index (χ4n) is 4.39. The van der Waals surface area contributed by atoms with Gasteiger partial charge in [0, 0.05) is 34.3 Å². The molecule has 172 valence electrons. The summed E-state index contributed by atoms with van der Waals surface area (Å²) in [5.74, 6) is 1.39. The van der Waals surface area contributed by atoms with Crippen molar-refractivity contribution in [3.8, 4) is 17.2 Å². The van der Waals surface area contributed by atoms with E-state index in [-0.39, 0.29) is 12.1 Å². The monoisotopic (exact) mass is 534 g/mol. The van der Waals surface area contributed by atoms with E-state index in [0.717, 1.165) is 27.2 Å². The van der Waals surface area contributed by atoms with E-state index in [4.69, 9.17) is 21.7 Å². The predicted molar refractivity (Wildman–Crippen MR) is 141 cm³/mol. The van der Waals surface area contributed by atoms with Gasteiger partial charge in [-0.05, 0) is 66.8 Å². The molecule has 1 N–H and O–H groups in total. The molecule has 4 aromatic rings. The van der Waals surface area contributed by atoms with Crippen LogP contribution < -0.4 is 19.7 Å². The van der Waals surface area contributed by atoms with Gasteiger partial charge >= 0.3 is 0 Å². The highest BCUT2D eigenvalue weighted by atomic mass is 79.9. The molecule has 0 spiro atoms. The van der Waals surface area contributed by atoms with Crippen molar-refractivity contribution in [3.63, 3.8) is 0 Å². The maximum atomic E-state index is 5.88. The van der Waals surface area contributed by atoms with Crippen LogP contribution in [0.3, 0.4) is 0 Å². The number of hydrogen-bond acceptors (Lipinski definition) is 4. The van der Waals surface area contributed by atoms with Crippen LogP contribution in [0, 0.1) is 0 Å². The van der Waals surface area contributed by atoms with Crippen molar-refractivity contribution in [1.29, 1.82) is 0 Å². The minimum atomic E-state index is -0.182. The summed E-state index contributed by atoms with van der Waals surface area (Å²) < 4.78 is 14.4. The number of pyridine rings is 1. The molecule has 8 heteroatoms. The summed E-state index contributed by atoms with van der Waals surface area (Å²) >= 11 is 9.48. The van der Waals surface area contributed by atoms with Crippen molar-refractivity contribution < 1.29 is 9.47 Å². The summed E-state index contributed by atoms with van der Waals surface area (Å²) in [6.07, 6.45) is 3.87. The summed E-state index contributed by atoms with van der Waals surface area (Å²) in [7, 11) is 3.29. The van der Waals surface area contributed by atoms with Gasteiger partial charge in [0.05, 0.1) is 31.6 Å². The van der Waals surface area contributed by atoms with Gasteiger partial charge in [0.1, 0.15) is 17.5 Å². The molecule has 3 heterocycles. The molecule has 0 bridgehead atoms. The number of benzene rings is 2. The molecule has 1 aliphatic heterocycles. The highest BCUT2D eigenvalue weighted by Crippen LogP contribution is 2.45. The second-order valence-corrected chi connectivity index (χ2v) is 9.12. The third kappa shape index (κ3) is 4.03. The molecule has 2 unspecified atom stereocenters. The zero-order valence-corrected chi connectivity index (χ0v) is 21.1. The van der Waals surface area contributed by atoms with Gasteiger partial charge in [0.25, 0.3) is 0 Å². The van der Waals surface area contributed by atoms with Gasteiger partial charge < -0.3 is 24.3 Å². The first kappa shape index (κ1) is 22.4. The zero-order chi connectivity index (χ0) is 23.7. The molecule has 1 aliphatic rings. The van der Waals surface area contributed by atoms with Gasteiger partial charge in [-0.25, -0.2) is 0 Å². The minimum Gasteiger partial charge on any atom is -0.497 e. The van der Waals surface area contributed by atoms with Crippen LogP contribution in [0.25, 0.3) is 5.69 Å². The molecule has 1 saturated heterocycles. The van der Waals surface area contributed by atoms with E-state index in [0.29, 0.717) is 16.6 Å². The van der Waals surface area contributed by atoms with Crippen molar-refractivity contribution in [2.75, 3.05) is 19.1 Å². The number of nitrogens with zero attached hydrogens (tertiary/aromatic N) is 3. The van der Waals surface area contributed by atoms with Crippen LogP contribution in [0.5, 0.6) is 11.5 Å². The molecule has 0 radical (unpaired) electrons. The Labute approximate surface area is 212 Å². The van der Waals surface area contributed by atoms with Gasteiger partial charge in [0.15, 0.2) is 5.11 Å². The molecule has 0 saturated carbocycles. The quantitative estimate of drug-likeness (QED) is 0.314. The Morgan fingerprint density at radius 2 is 1.85 bits per heavy atom. The van der Waals surface area contributed by atoms with E-state index >= 15 is 0 Å². The number of rotatable bonds is 6. The van der Waals surface area contributed by atoms with E-state index in [1.54, 1.807) is 20.4 Å². The van der Waals surface area contributed by atoms with Gasteiger partial charge in [-0.1, -0.05) is 28.1 Å². The SMILES string of the molecule is COc1ccc(N2C(=S)NC(c3ccccn3)C2c2cccn2-c2cccc(Br)c2)c(OC)c1. The lowest BCUT2D eigenvalue weighted by Gasteiger charge is -2.30. The van der Waals surface area contributed by atoms with Crippen molar-refractivity contribution in [2.45, 2.75) is 12.1 Å². The molecular weight excluding hydrogens is 512 g/mol. The number of methoxy groups -OCH3 is 2. The summed E-state index contributed by atoms with van der Waals surface area (Å²) in [5, 5.41) is 4.12. The lowest BCUT2D eigenvalue weighted by atomic mass is 10.0. The minimum absolute atomic E-state index is 0.165. The third-order valence-corrected chi connectivity index (χ3v) is 6.72. The number of nitrogens with one attached hydrogen (secondary N) is 1. The number of thiocarbonyl (C=S) groups is 1. The summed E-state index contributed by atoms with van der Waals surface area (Å²) in [4.78, 5) is 6.76. The van der Waals surface area contributed by atoms with Gasteiger partial charge in [-0.2, -0.15) is 0 Å². The van der Waals surface area contributed by atoms with Gasteiger partial charge in [-0.3, -0.25) is 4.98 Å². The number of anilines is 1. The maximum absolute atomic E-state index is 5.88. The summed E-state index contributed by atoms with van der Waals surface area (Å²) in [5.41, 5.74) is 3.88. The van der Waals surface area contributed by atoms with E-state index in [9.17, 15) is 0 Å². The number of halogens is 1. The Morgan fingerprint density at radius 1 is 0.971 bits per heavy atom. The second-order valence-electron chi connectivity index (χ2n) is 7.82. The standard InChI is InChI=1S/C26H23BrN4O2S/c1-32-19-11-12-21(23(16-19)33-2)31-25(24(29-26(31)34)20-9-3-4-13-28-20)22-10-6-14-30(22)18-8-5-7-17(27)15-18/h3-16,24-25H,1-2H3,(H,29,34). The average molecular weight is 535 g/mol. The molecule has 1 fully saturated rings. The van der Waals surface area contributed by atoms with Crippen LogP contribution in [0.1, 0.15) is 23.5 Å². The van der Waals surface area contributed by atoms with Gasteiger partial charge in [0.2, 0.25) is 0 Å². The molecule has 6 nitrogen and oxygen atoms in total. The first-order valence-electron chi connectivity index (χ1n) is 10.8. The first-order valence-corrected chi connectivity index (χ1v) is 12.0. The van der Waals surface area contributed by atoms with Crippen LogP contribution in [0.15, 0.2) is 89.7 Å². The van der Waals surface area contributed by atoms with E-state index < -0.39 is 0 Å². The van der Waals surface area contributed by atoms with Crippen molar-refractivity contribution >= 4 is 38.9 Å². The predicted octanol–water partition coefficient (Wildman–Crippen LogP) is 5.83. The normalized spacial score (nSPS) is 17.5. The Hall–Kier alpha value is -3.36. The highest BCUT2D eigenvalue weighted by Gasteiger charge is 2.43. The first-order chi connectivity index (χ1) is 16.6. The van der Waals surface area contributed by atoms with Crippen LogP contribution in [-0.2, 0) is 0 Å². The molecule has 2 aromatic heterocycles. The molecule has 2 aromatic carbocycles. The second kappa shape index (κ2) is 9.48. The Bertz CT molecular complexity index is 1330. The Morgan fingerprint density at radius 3 is 2.59 bits per heavy atom. The molecular formula is C26H23BrN4O2S.